The second-order valence-electron chi connectivity index (χ2n) is 8.24. The second-order valence-corrected chi connectivity index (χ2v) is 8.24. The summed E-state index contributed by atoms with van der Waals surface area (Å²) in [6, 6.07) is 4.31. The van der Waals surface area contributed by atoms with Gasteiger partial charge in [-0.1, -0.05) is 19.3 Å². The zero-order valence-corrected chi connectivity index (χ0v) is 17.4. The van der Waals surface area contributed by atoms with Crippen molar-refractivity contribution >= 4 is 17.8 Å². The predicted octanol–water partition coefficient (Wildman–Crippen LogP) is 3.59. The molecule has 0 spiro atoms. The minimum Gasteiger partial charge on any atom is -0.491 e. The number of carbonyl (C=O) groups is 3. The Morgan fingerprint density at radius 1 is 1.19 bits per heavy atom. The van der Waals surface area contributed by atoms with E-state index in [0.717, 1.165) is 32.1 Å². The number of rotatable bonds is 6. The molecule has 1 aliphatic heterocycles. The molecule has 0 aromatic heterocycles. The van der Waals surface area contributed by atoms with Gasteiger partial charge >= 0.3 is 12.2 Å². The summed E-state index contributed by atoms with van der Waals surface area (Å²) in [7, 11) is 0. The van der Waals surface area contributed by atoms with E-state index in [1.807, 2.05) is 0 Å². The molecule has 1 atom stereocenters. The number of imide groups is 1. The molecule has 1 heterocycles. The minimum atomic E-state index is -5.22. The molecule has 0 bridgehead atoms. The summed E-state index contributed by atoms with van der Waals surface area (Å²) in [5.41, 5.74) is -3.60. The van der Waals surface area contributed by atoms with Gasteiger partial charge in [0.15, 0.2) is 0 Å². The Morgan fingerprint density at radius 3 is 2.35 bits per heavy atom. The Labute approximate surface area is 178 Å². The molecule has 1 aliphatic carbocycles. The first kappa shape index (κ1) is 22.9. The number of benzene rings is 1. The lowest BCUT2D eigenvalue weighted by Gasteiger charge is -2.30. The van der Waals surface area contributed by atoms with E-state index in [1.54, 1.807) is 24.5 Å². The molecular formula is C21H26F3N3O4. The van der Waals surface area contributed by atoms with E-state index < -0.39 is 29.7 Å². The van der Waals surface area contributed by atoms with Gasteiger partial charge in [0.2, 0.25) is 0 Å². The SMILES string of the molecule is CC(C)Oc1ccc(C(=O)NC2(C(F)(F)F)NC(=O)N(CC3CCCCC3)C2=O)cc1. The van der Waals surface area contributed by atoms with Crippen molar-refractivity contribution in [1.29, 1.82) is 0 Å². The standard InChI is InChI=1S/C21H26F3N3O4/c1-13(2)31-16-10-8-15(9-11-16)17(28)25-20(21(22,23)24)18(29)27(19(30)26-20)12-14-6-4-3-5-7-14/h8-11,13-14H,3-7,12H2,1-2H3,(H,25,28)(H,26,30). The van der Waals surface area contributed by atoms with E-state index in [2.05, 4.69) is 0 Å². The number of alkyl halides is 3. The van der Waals surface area contributed by atoms with Crippen LogP contribution in [-0.4, -0.2) is 47.2 Å². The molecule has 31 heavy (non-hydrogen) atoms. The number of nitrogens with zero attached hydrogens (tertiary/aromatic N) is 1. The van der Waals surface area contributed by atoms with Crippen molar-refractivity contribution < 1.29 is 32.3 Å². The van der Waals surface area contributed by atoms with Crippen LogP contribution in [0, 0.1) is 5.92 Å². The monoisotopic (exact) mass is 441 g/mol. The third-order valence-corrected chi connectivity index (χ3v) is 5.49. The first-order chi connectivity index (χ1) is 14.5. The fraction of sp³-hybridized carbons (Fsp3) is 0.571. The van der Waals surface area contributed by atoms with Gasteiger partial charge in [0.25, 0.3) is 17.5 Å². The Bertz CT molecular complexity index is 835. The van der Waals surface area contributed by atoms with E-state index in [-0.39, 0.29) is 24.1 Å². The molecule has 4 amide bonds. The second kappa shape index (κ2) is 8.76. The summed E-state index contributed by atoms with van der Waals surface area (Å²) in [5.74, 6) is -2.25. The molecule has 0 radical (unpaired) electrons. The molecule has 1 saturated heterocycles. The third-order valence-electron chi connectivity index (χ3n) is 5.49. The zero-order valence-electron chi connectivity index (χ0n) is 17.4. The largest absolute Gasteiger partial charge is 0.491 e. The molecule has 1 aromatic rings. The predicted molar refractivity (Wildman–Crippen MR) is 105 cm³/mol. The molecule has 7 nitrogen and oxygen atoms in total. The lowest BCUT2D eigenvalue weighted by atomic mass is 9.89. The highest BCUT2D eigenvalue weighted by molar-refractivity contribution is 6.10. The number of amides is 4. The van der Waals surface area contributed by atoms with E-state index >= 15 is 0 Å². The van der Waals surface area contributed by atoms with Gasteiger partial charge in [-0.05, 0) is 56.9 Å². The summed E-state index contributed by atoms with van der Waals surface area (Å²) >= 11 is 0. The molecule has 2 N–H and O–H groups in total. The molecule has 1 saturated carbocycles. The fourth-order valence-corrected chi connectivity index (χ4v) is 3.92. The Balaban J connectivity index is 1.80. The van der Waals surface area contributed by atoms with Crippen molar-refractivity contribution in [3.05, 3.63) is 29.8 Å². The summed E-state index contributed by atoms with van der Waals surface area (Å²) < 4.78 is 47.4. The molecule has 1 unspecified atom stereocenters. The van der Waals surface area contributed by atoms with E-state index in [4.69, 9.17) is 4.74 Å². The van der Waals surface area contributed by atoms with Gasteiger partial charge in [-0.2, -0.15) is 13.2 Å². The smallest absolute Gasteiger partial charge is 0.440 e. The van der Waals surface area contributed by atoms with Crippen LogP contribution in [0.1, 0.15) is 56.3 Å². The Kier molecular flexibility index (Phi) is 6.47. The fourth-order valence-electron chi connectivity index (χ4n) is 3.92. The van der Waals surface area contributed by atoms with Crippen molar-refractivity contribution in [1.82, 2.24) is 15.5 Å². The number of hydrogen-bond donors (Lipinski definition) is 2. The number of carbonyl (C=O) groups excluding carboxylic acids is 3. The van der Waals surface area contributed by atoms with Crippen molar-refractivity contribution in [2.45, 2.75) is 63.9 Å². The maximum Gasteiger partial charge on any atom is 0.440 e. The van der Waals surface area contributed by atoms with E-state index in [9.17, 15) is 27.6 Å². The summed E-state index contributed by atoms with van der Waals surface area (Å²) in [6.07, 6.45) is -1.01. The summed E-state index contributed by atoms with van der Waals surface area (Å²) in [6.45, 7) is 3.52. The van der Waals surface area contributed by atoms with Gasteiger partial charge in [0, 0.05) is 12.1 Å². The van der Waals surface area contributed by atoms with Gasteiger partial charge in [0.1, 0.15) is 5.75 Å². The van der Waals surface area contributed by atoms with Crippen LogP contribution in [0.15, 0.2) is 24.3 Å². The molecule has 1 aromatic carbocycles. The number of halogens is 3. The first-order valence-corrected chi connectivity index (χ1v) is 10.3. The Hall–Kier alpha value is -2.78. The normalized spacial score (nSPS) is 22.6. The topological polar surface area (TPSA) is 87.7 Å². The highest BCUT2D eigenvalue weighted by atomic mass is 19.4. The van der Waals surface area contributed by atoms with Crippen LogP contribution in [0.4, 0.5) is 18.0 Å². The number of hydrogen-bond acceptors (Lipinski definition) is 4. The highest BCUT2D eigenvalue weighted by Crippen LogP contribution is 2.35. The number of ether oxygens (including phenoxy) is 1. The molecule has 10 heteroatoms. The van der Waals surface area contributed by atoms with Crippen LogP contribution in [0.25, 0.3) is 0 Å². The molecule has 170 valence electrons. The number of urea groups is 1. The van der Waals surface area contributed by atoms with Crippen LogP contribution in [0.3, 0.4) is 0 Å². The van der Waals surface area contributed by atoms with Gasteiger partial charge in [-0.25, -0.2) is 4.79 Å². The molecule has 2 fully saturated rings. The summed E-state index contributed by atoms with van der Waals surface area (Å²) in [5, 5.41) is 3.42. The maximum absolute atomic E-state index is 14.0. The van der Waals surface area contributed by atoms with Gasteiger partial charge in [0.05, 0.1) is 6.10 Å². The Morgan fingerprint density at radius 2 is 1.81 bits per heavy atom. The maximum atomic E-state index is 14.0. The quantitative estimate of drug-likeness (QED) is 0.661. The average molecular weight is 441 g/mol. The average Bonchev–Trinajstić information content (AvgIpc) is 2.94. The molecular weight excluding hydrogens is 415 g/mol. The minimum absolute atomic E-state index is 0.0447. The van der Waals surface area contributed by atoms with Crippen LogP contribution in [0.2, 0.25) is 0 Å². The van der Waals surface area contributed by atoms with Gasteiger partial charge < -0.3 is 10.1 Å². The van der Waals surface area contributed by atoms with Crippen molar-refractivity contribution in [2.75, 3.05) is 6.54 Å². The summed E-state index contributed by atoms with van der Waals surface area (Å²) in [4.78, 5) is 38.2. The van der Waals surface area contributed by atoms with Crippen LogP contribution in [-0.2, 0) is 4.79 Å². The van der Waals surface area contributed by atoms with Crippen molar-refractivity contribution in [3.8, 4) is 5.75 Å². The lowest BCUT2D eigenvalue weighted by molar-refractivity contribution is -0.200. The highest BCUT2D eigenvalue weighted by Gasteiger charge is 2.68. The van der Waals surface area contributed by atoms with Gasteiger partial charge in [-0.3, -0.25) is 19.8 Å². The first-order valence-electron chi connectivity index (χ1n) is 10.3. The molecule has 3 rings (SSSR count). The lowest BCUT2D eigenvalue weighted by Crippen LogP contribution is -2.69. The number of nitrogens with one attached hydrogen (secondary N) is 2. The van der Waals surface area contributed by atoms with Crippen LogP contribution < -0.4 is 15.4 Å². The zero-order chi connectivity index (χ0) is 22.8. The van der Waals surface area contributed by atoms with Crippen LogP contribution >= 0.6 is 0 Å². The van der Waals surface area contributed by atoms with Gasteiger partial charge in [-0.15, -0.1) is 0 Å². The third kappa shape index (κ3) is 4.77. The van der Waals surface area contributed by atoms with Crippen LogP contribution in [0.5, 0.6) is 5.75 Å². The van der Waals surface area contributed by atoms with E-state index in [0.29, 0.717) is 10.6 Å². The van der Waals surface area contributed by atoms with E-state index in [1.165, 1.54) is 24.3 Å². The van der Waals surface area contributed by atoms with Crippen molar-refractivity contribution in [3.63, 3.8) is 0 Å². The van der Waals surface area contributed by atoms with Crippen molar-refractivity contribution in [2.24, 2.45) is 5.92 Å². The molecule has 2 aliphatic rings.